The van der Waals surface area contributed by atoms with Gasteiger partial charge in [0.1, 0.15) is 11.5 Å². The minimum absolute atomic E-state index is 0.250. The van der Waals surface area contributed by atoms with Crippen LogP contribution in [0.5, 0.6) is 5.75 Å². The molecule has 0 N–H and O–H groups in total. The Bertz CT molecular complexity index is 445. The molecule has 1 aromatic carbocycles. The molecule has 2 nitrogen and oxygen atoms in total. The second-order valence-electron chi connectivity index (χ2n) is 6.58. The number of hydrogen-bond acceptors (Lipinski definition) is 2. The number of ether oxygens (including phenoxy) is 1. The molecule has 2 atom stereocenters. The van der Waals surface area contributed by atoms with E-state index in [1.165, 1.54) is 5.56 Å². The first-order chi connectivity index (χ1) is 8.93. The van der Waals surface area contributed by atoms with Crippen LogP contribution in [0, 0.1) is 5.92 Å². The van der Waals surface area contributed by atoms with Crippen LogP contribution in [0.1, 0.15) is 30.4 Å². The minimum Gasteiger partial charge on any atom is -0.497 e. The average molecular weight is 276 g/mol. The number of ketones is 1. The Labute approximate surface area is 117 Å². The fraction of sp³-hybridized carbons (Fsp3) is 0.562. The van der Waals surface area contributed by atoms with Crippen LogP contribution in [-0.2, 0) is 4.79 Å². The van der Waals surface area contributed by atoms with Gasteiger partial charge in [0, 0.05) is 12.3 Å². The zero-order valence-electron chi connectivity index (χ0n) is 12.4. The van der Waals surface area contributed by atoms with Crippen molar-refractivity contribution in [1.29, 1.82) is 0 Å². The van der Waals surface area contributed by atoms with Gasteiger partial charge in [0.15, 0.2) is 0 Å². The molecule has 0 heterocycles. The fourth-order valence-electron chi connectivity index (χ4n) is 3.34. The molecule has 0 saturated heterocycles. The molecule has 0 spiro atoms. The third-order valence-corrected chi connectivity index (χ3v) is 6.76. The van der Waals surface area contributed by atoms with Crippen LogP contribution in [0.4, 0.5) is 0 Å². The van der Waals surface area contributed by atoms with Crippen LogP contribution >= 0.6 is 0 Å². The van der Waals surface area contributed by atoms with E-state index in [0.717, 1.165) is 25.0 Å². The maximum absolute atomic E-state index is 12.2. The molecule has 0 radical (unpaired) electrons. The molecule has 2 unspecified atom stereocenters. The van der Waals surface area contributed by atoms with Crippen molar-refractivity contribution in [2.75, 3.05) is 7.11 Å². The SMILES string of the molecule is COc1ccc(C(C2CCCC2=O)[Si](C)(C)C)cc1. The van der Waals surface area contributed by atoms with E-state index >= 15 is 0 Å². The molecule has 0 bridgehead atoms. The zero-order valence-corrected chi connectivity index (χ0v) is 13.4. The van der Waals surface area contributed by atoms with Crippen LogP contribution in [-0.4, -0.2) is 21.0 Å². The van der Waals surface area contributed by atoms with E-state index in [-0.39, 0.29) is 5.92 Å². The van der Waals surface area contributed by atoms with Crippen molar-refractivity contribution in [3.63, 3.8) is 0 Å². The van der Waals surface area contributed by atoms with E-state index in [0.29, 0.717) is 11.3 Å². The first kappa shape index (κ1) is 14.3. The van der Waals surface area contributed by atoms with Crippen LogP contribution < -0.4 is 4.74 Å². The molecule has 1 fully saturated rings. The van der Waals surface area contributed by atoms with Gasteiger partial charge >= 0.3 is 0 Å². The maximum atomic E-state index is 12.2. The smallest absolute Gasteiger partial charge is 0.136 e. The van der Waals surface area contributed by atoms with Gasteiger partial charge in [-0.3, -0.25) is 4.79 Å². The number of rotatable bonds is 4. The summed E-state index contributed by atoms with van der Waals surface area (Å²) in [6.07, 6.45) is 2.92. The summed E-state index contributed by atoms with van der Waals surface area (Å²) in [5.41, 5.74) is 1.76. The molecule has 0 amide bonds. The number of Topliss-reactive ketones (excluding diaryl/α,β-unsaturated/α-hetero) is 1. The Balaban J connectivity index is 2.34. The summed E-state index contributed by atoms with van der Waals surface area (Å²) in [7, 11) is 0.262. The van der Waals surface area contributed by atoms with Crippen LogP contribution in [0.15, 0.2) is 24.3 Å². The molecule has 19 heavy (non-hydrogen) atoms. The summed E-state index contributed by atoms with van der Waals surface area (Å²) in [6.45, 7) is 7.11. The Kier molecular flexibility index (Phi) is 4.14. The van der Waals surface area contributed by atoms with Crippen LogP contribution in [0.2, 0.25) is 19.6 Å². The lowest BCUT2D eigenvalue weighted by molar-refractivity contribution is -0.120. The number of carbonyl (C=O) groups excluding carboxylic acids is 1. The molecular formula is C16H24O2Si. The Morgan fingerprint density at radius 1 is 1.21 bits per heavy atom. The molecule has 0 aromatic heterocycles. The van der Waals surface area contributed by atoms with E-state index in [9.17, 15) is 4.79 Å². The quantitative estimate of drug-likeness (QED) is 0.776. The van der Waals surface area contributed by atoms with Gasteiger partial charge in [-0.15, -0.1) is 0 Å². The topological polar surface area (TPSA) is 26.3 Å². The van der Waals surface area contributed by atoms with Crippen molar-refractivity contribution in [2.24, 2.45) is 5.92 Å². The van der Waals surface area contributed by atoms with E-state index < -0.39 is 8.07 Å². The molecule has 3 heteroatoms. The summed E-state index contributed by atoms with van der Waals surface area (Å²) < 4.78 is 5.23. The number of hydrogen-bond donors (Lipinski definition) is 0. The highest BCUT2D eigenvalue weighted by atomic mass is 28.3. The lowest BCUT2D eigenvalue weighted by Crippen LogP contribution is -2.37. The van der Waals surface area contributed by atoms with Gasteiger partial charge in [0.05, 0.1) is 15.2 Å². The van der Waals surface area contributed by atoms with E-state index in [2.05, 4.69) is 31.8 Å². The maximum Gasteiger partial charge on any atom is 0.136 e. The van der Waals surface area contributed by atoms with Gasteiger partial charge in [-0.25, -0.2) is 0 Å². The van der Waals surface area contributed by atoms with E-state index in [1.807, 2.05) is 12.1 Å². The Morgan fingerprint density at radius 2 is 1.84 bits per heavy atom. The predicted molar refractivity (Wildman–Crippen MR) is 81.4 cm³/mol. The highest BCUT2D eigenvalue weighted by Crippen LogP contribution is 2.41. The van der Waals surface area contributed by atoms with Gasteiger partial charge in [-0.05, 0) is 36.1 Å². The highest BCUT2D eigenvalue weighted by molar-refractivity contribution is 6.77. The molecule has 1 aliphatic rings. The van der Waals surface area contributed by atoms with Crippen molar-refractivity contribution < 1.29 is 9.53 Å². The van der Waals surface area contributed by atoms with Gasteiger partial charge in [0.2, 0.25) is 0 Å². The Hall–Kier alpha value is -1.09. The van der Waals surface area contributed by atoms with Crippen molar-refractivity contribution in [3.05, 3.63) is 29.8 Å². The largest absolute Gasteiger partial charge is 0.497 e. The zero-order chi connectivity index (χ0) is 14.0. The number of benzene rings is 1. The molecule has 1 aromatic rings. The number of carbonyl (C=O) groups is 1. The third kappa shape index (κ3) is 3.08. The van der Waals surface area contributed by atoms with Crippen LogP contribution in [0.3, 0.4) is 0 Å². The van der Waals surface area contributed by atoms with Gasteiger partial charge in [0.25, 0.3) is 0 Å². The standard InChI is InChI=1S/C16H24O2Si/c1-18-13-10-8-12(9-11-13)16(19(2,3)4)14-6-5-7-15(14)17/h8-11,14,16H,5-7H2,1-4H3. The minimum atomic E-state index is -1.42. The van der Waals surface area contributed by atoms with Gasteiger partial charge in [-0.2, -0.15) is 0 Å². The Morgan fingerprint density at radius 3 is 2.26 bits per heavy atom. The van der Waals surface area contributed by atoms with E-state index in [1.54, 1.807) is 7.11 Å². The first-order valence-corrected chi connectivity index (χ1v) is 10.7. The first-order valence-electron chi connectivity index (χ1n) is 7.10. The predicted octanol–water partition coefficient (Wildman–Crippen LogP) is 4.03. The summed E-state index contributed by atoms with van der Waals surface area (Å²) >= 11 is 0. The normalized spacial score (nSPS) is 21.5. The second kappa shape index (κ2) is 5.49. The summed E-state index contributed by atoms with van der Waals surface area (Å²) in [4.78, 5) is 12.2. The van der Waals surface area contributed by atoms with E-state index in [4.69, 9.17) is 4.74 Å². The second-order valence-corrected chi connectivity index (χ2v) is 11.9. The van der Waals surface area contributed by atoms with Crippen molar-refractivity contribution in [1.82, 2.24) is 0 Å². The molecule has 2 rings (SSSR count). The molecule has 1 saturated carbocycles. The summed E-state index contributed by atoms with van der Waals surface area (Å²) in [6, 6.07) is 8.32. The monoisotopic (exact) mass is 276 g/mol. The summed E-state index contributed by atoms with van der Waals surface area (Å²) in [5, 5.41) is 0. The molecule has 104 valence electrons. The lowest BCUT2D eigenvalue weighted by atomic mass is 9.96. The average Bonchev–Trinajstić information content (AvgIpc) is 2.75. The third-order valence-electron chi connectivity index (χ3n) is 4.16. The highest BCUT2D eigenvalue weighted by Gasteiger charge is 2.40. The molecule has 1 aliphatic carbocycles. The van der Waals surface area contributed by atoms with Gasteiger partial charge in [-0.1, -0.05) is 31.8 Å². The van der Waals surface area contributed by atoms with Gasteiger partial charge < -0.3 is 4.74 Å². The van der Waals surface area contributed by atoms with Crippen molar-refractivity contribution >= 4 is 13.9 Å². The lowest BCUT2D eigenvalue weighted by Gasteiger charge is -2.33. The van der Waals surface area contributed by atoms with Crippen LogP contribution in [0.25, 0.3) is 0 Å². The fourth-order valence-corrected chi connectivity index (χ4v) is 6.09. The molecular weight excluding hydrogens is 252 g/mol. The summed E-state index contributed by atoms with van der Waals surface area (Å²) in [5.74, 6) is 1.61. The van der Waals surface area contributed by atoms with Crippen molar-refractivity contribution in [2.45, 2.75) is 44.4 Å². The number of methoxy groups -OCH3 is 1. The molecule has 0 aliphatic heterocycles. The van der Waals surface area contributed by atoms with Crippen molar-refractivity contribution in [3.8, 4) is 5.75 Å².